The molecule has 0 N–H and O–H groups in total. The minimum absolute atomic E-state index is 0. The van der Waals surface area contributed by atoms with Gasteiger partial charge in [0.15, 0.2) is 5.78 Å². The zero-order valence-corrected chi connectivity index (χ0v) is 18.3. The SMILES string of the molecule is C=C(C(=O)C(C(C)=O)(C(C)=O)[c-]1cccc1)c1ccc(OC)cc1.[Fe].[cH-]1[cH-][cH-][cH-][cH-]1. The average molecular weight is 444 g/mol. The molecule has 0 aliphatic carbocycles. The van der Waals surface area contributed by atoms with Gasteiger partial charge in [-0.3, -0.25) is 14.4 Å². The van der Waals surface area contributed by atoms with Crippen LogP contribution < -0.4 is 4.74 Å². The molecular formula is C25H24FeO4-6. The summed E-state index contributed by atoms with van der Waals surface area (Å²) in [5, 5.41) is 0. The third kappa shape index (κ3) is 5.12. The van der Waals surface area contributed by atoms with Crippen LogP contribution >= 0.6 is 0 Å². The monoisotopic (exact) mass is 444 g/mol. The summed E-state index contributed by atoms with van der Waals surface area (Å²) >= 11 is 0. The standard InChI is InChI=1S/C20H19O4.C5H5.Fe/c1-13(16-9-11-18(24-4)12-10-16)19(23)20(14(2)21,15(3)22)17-7-5-6-8-17;1-2-4-5-3-1;/h5-12H,1H2,2-4H3;1-5H;/q-1;-5;. The Labute approximate surface area is 187 Å². The Morgan fingerprint density at radius 2 is 1.33 bits per heavy atom. The third-order valence-electron chi connectivity index (χ3n) is 4.76. The molecular weight excluding hydrogens is 420 g/mol. The molecule has 0 atom stereocenters. The molecule has 162 valence electrons. The summed E-state index contributed by atoms with van der Waals surface area (Å²) in [5.41, 5.74) is -0.814. The molecule has 0 amide bonds. The van der Waals surface area contributed by atoms with Crippen LogP contribution in [0.2, 0.25) is 0 Å². The minimum atomic E-state index is -1.85. The van der Waals surface area contributed by atoms with Crippen molar-refractivity contribution in [2.45, 2.75) is 19.3 Å². The van der Waals surface area contributed by atoms with Gasteiger partial charge in [0.05, 0.1) is 7.11 Å². The number of hydrogen-bond donors (Lipinski definition) is 0. The molecule has 0 spiro atoms. The van der Waals surface area contributed by atoms with E-state index in [1.54, 1.807) is 55.6 Å². The molecule has 30 heavy (non-hydrogen) atoms. The molecule has 3 aromatic carbocycles. The zero-order valence-electron chi connectivity index (χ0n) is 17.2. The number of hydrogen-bond acceptors (Lipinski definition) is 4. The molecule has 3 aromatic rings. The molecule has 4 nitrogen and oxygen atoms in total. The van der Waals surface area contributed by atoms with Crippen molar-refractivity contribution in [3.8, 4) is 5.75 Å². The van der Waals surface area contributed by atoms with Gasteiger partial charge >= 0.3 is 0 Å². The van der Waals surface area contributed by atoms with Crippen molar-refractivity contribution in [1.29, 1.82) is 0 Å². The second-order valence-electron chi connectivity index (χ2n) is 6.53. The number of carbonyl (C=O) groups is 3. The molecule has 0 saturated carbocycles. The number of allylic oxidation sites excluding steroid dienone is 1. The average Bonchev–Trinajstić information content (AvgIpc) is 3.44. The van der Waals surface area contributed by atoms with Crippen molar-refractivity contribution in [2.24, 2.45) is 0 Å². The van der Waals surface area contributed by atoms with Crippen LogP contribution in [-0.4, -0.2) is 24.5 Å². The Bertz CT molecular complexity index is 934. The maximum Gasteiger partial charge on any atom is 0.176 e. The van der Waals surface area contributed by atoms with Crippen LogP contribution in [0, 0.1) is 0 Å². The van der Waals surface area contributed by atoms with E-state index in [1.807, 2.05) is 30.3 Å². The second kappa shape index (κ2) is 11.2. The molecule has 3 rings (SSSR count). The molecule has 0 bridgehead atoms. The molecule has 0 heterocycles. The predicted octanol–water partition coefficient (Wildman–Crippen LogP) is 4.52. The zero-order chi connectivity index (χ0) is 21.4. The van der Waals surface area contributed by atoms with Gasteiger partial charge in [0.1, 0.15) is 22.7 Å². The van der Waals surface area contributed by atoms with E-state index in [-0.39, 0.29) is 22.6 Å². The van der Waals surface area contributed by atoms with Crippen molar-refractivity contribution in [3.63, 3.8) is 0 Å². The third-order valence-corrected chi connectivity index (χ3v) is 4.76. The van der Waals surface area contributed by atoms with E-state index >= 15 is 0 Å². The fourth-order valence-corrected chi connectivity index (χ4v) is 3.20. The summed E-state index contributed by atoms with van der Waals surface area (Å²) in [6, 6.07) is 23.4. The smallest absolute Gasteiger partial charge is 0.176 e. The molecule has 0 unspecified atom stereocenters. The Balaban J connectivity index is 0.000000655. The van der Waals surface area contributed by atoms with E-state index in [1.165, 1.54) is 13.8 Å². The van der Waals surface area contributed by atoms with Gasteiger partial charge in [0.25, 0.3) is 0 Å². The van der Waals surface area contributed by atoms with E-state index in [4.69, 9.17) is 4.74 Å². The largest absolute Gasteiger partial charge is 0.748 e. The van der Waals surface area contributed by atoms with Crippen LogP contribution in [0.15, 0.2) is 85.4 Å². The van der Waals surface area contributed by atoms with Crippen molar-refractivity contribution < 1.29 is 36.2 Å². The van der Waals surface area contributed by atoms with Crippen LogP contribution in [0.25, 0.3) is 5.57 Å². The molecule has 0 fully saturated rings. The van der Waals surface area contributed by atoms with E-state index in [0.29, 0.717) is 16.9 Å². The molecule has 5 heteroatoms. The van der Waals surface area contributed by atoms with Crippen molar-refractivity contribution in [1.82, 2.24) is 0 Å². The summed E-state index contributed by atoms with van der Waals surface area (Å²) in [7, 11) is 1.54. The number of ether oxygens (including phenoxy) is 1. The normalized spacial score (nSPS) is 10.1. The summed E-state index contributed by atoms with van der Waals surface area (Å²) in [6.07, 6.45) is 0. The van der Waals surface area contributed by atoms with E-state index in [9.17, 15) is 14.4 Å². The molecule has 0 saturated heterocycles. The minimum Gasteiger partial charge on any atom is -0.748 e. The number of ketones is 3. The van der Waals surface area contributed by atoms with Gasteiger partial charge < -0.3 is 35.1 Å². The van der Waals surface area contributed by atoms with Gasteiger partial charge in [-0.1, -0.05) is 18.7 Å². The van der Waals surface area contributed by atoms with Gasteiger partial charge in [-0.2, -0.15) is 12.1 Å². The first kappa shape index (κ1) is 25.0. The van der Waals surface area contributed by atoms with Crippen molar-refractivity contribution in [3.05, 3.63) is 96.6 Å². The molecule has 0 aliphatic rings. The molecule has 0 aliphatic heterocycles. The van der Waals surface area contributed by atoms with Gasteiger partial charge in [0.2, 0.25) is 0 Å². The number of methoxy groups -OCH3 is 1. The topological polar surface area (TPSA) is 60.4 Å². The quantitative estimate of drug-likeness (QED) is 0.233. The van der Waals surface area contributed by atoms with E-state index < -0.39 is 22.8 Å². The van der Waals surface area contributed by atoms with Gasteiger partial charge in [-0.25, -0.2) is 12.1 Å². The number of Topliss-reactive ketones (excluding diaryl/α,β-unsaturated/α-hetero) is 3. The summed E-state index contributed by atoms with van der Waals surface area (Å²) in [4.78, 5) is 37.9. The Kier molecular flexibility index (Phi) is 9.38. The van der Waals surface area contributed by atoms with Crippen molar-refractivity contribution in [2.75, 3.05) is 7.11 Å². The first-order valence-corrected chi connectivity index (χ1v) is 9.14. The van der Waals surface area contributed by atoms with Crippen LogP contribution in [0.4, 0.5) is 0 Å². The number of benzene rings is 1. The number of rotatable bonds is 7. The Morgan fingerprint density at radius 1 is 0.900 bits per heavy atom. The maximum atomic E-state index is 13.1. The second-order valence-corrected chi connectivity index (χ2v) is 6.53. The van der Waals surface area contributed by atoms with Gasteiger partial charge in [-0.15, -0.1) is 5.56 Å². The fraction of sp³-hybridized carbons (Fsp3) is 0.160. The maximum absolute atomic E-state index is 13.1. The van der Waals surface area contributed by atoms with E-state index in [2.05, 4.69) is 6.58 Å². The summed E-state index contributed by atoms with van der Waals surface area (Å²) in [5.74, 6) is -0.986. The van der Waals surface area contributed by atoms with Crippen LogP contribution in [0.5, 0.6) is 5.75 Å². The Morgan fingerprint density at radius 3 is 1.70 bits per heavy atom. The van der Waals surface area contributed by atoms with E-state index in [0.717, 1.165) is 0 Å². The predicted molar refractivity (Wildman–Crippen MR) is 114 cm³/mol. The van der Waals surface area contributed by atoms with Crippen LogP contribution in [0.1, 0.15) is 25.0 Å². The molecule has 0 aromatic heterocycles. The molecule has 0 radical (unpaired) electrons. The van der Waals surface area contributed by atoms with Crippen LogP contribution in [-0.2, 0) is 36.9 Å². The first-order valence-electron chi connectivity index (χ1n) is 9.14. The summed E-state index contributed by atoms with van der Waals surface area (Å²) in [6.45, 7) is 6.34. The van der Waals surface area contributed by atoms with Gasteiger partial charge in [-0.05, 0) is 31.5 Å². The first-order chi connectivity index (χ1) is 13.9. The summed E-state index contributed by atoms with van der Waals surface area (Å²) < 4.78 is 5.09. The van der Waals surface area contributed by atoms with Crippen molar-refractivity contribution >= 4 is 22.9 Å². The number of carbonyl (C=O) groups excluding carboxylic acids is 3. The van der Waals surface area contributed by atoms with Gasteiger partial charge in [0, 0.05) is 22.6 Å². The van der Waals surface area contributed by atoms with Crippen LogP contribution in [0.3, 0.4) is 0 Å². The fourth-order valence-electron chi connectivity index (χ4n) is 3.20. The Hall–Kier alpha value is -3.01.